The number of nitrogens with two attached hydrogens (primary N) is 1. The summed E-state index contributed by atoms with van der Waals surface area (Å²) in [6.45, 7) is 0.383. The highest BCUT2D eigenvalue weighted by Crippen LogP contribution is 1.87. The summed E-state index contributed by atoms with van der Waals surface area (Å²) in [7, 11) is 0. The van der Waals surface area contributed by atoms with Gasteiger partial charge in [-0.2, -0.15) is 4.79 Å². The van der Waals surface area contributed by atoms with E-state index in [0.717, 1.165) is 6.92 Å². The molecular formula is C7H9N3O5. The number of rotatable bonds is 5. The van der Waals surface area contributed by atoms with Gasteiger partial charge in [0.1, 0.15) is 12.6 Å². The number of aliphatic carboxylic acids is 1. The molecule has 0 aliphatic carbocycles. The average Bonchev–Trinajstić information content (AvgIpc) is 2.14. The zero-order valence-electron chi connectivity index (χ0n) is 7.84. The lowest BCUT2D eigenvalue weighted by Crippen LogP contribution is -2.37. The van der Waals surface area contributed by atoms with Gasteiger partial charge in [0.25, 0.3) is 0 Å². The van der Waals surface area contributed by atoms with Crippen molar-refractivity contribution in [3.63, 3.8) is 0 Å². The average molecular weight is 215 g/mol. The summed E-state index contributed by atoms with van der Waals surface area (Å²) in [4.78, 5) is 34.3. The molecule has 0 radical (unpaired) electrons. The second-order valence-electron chi connectivity index (χ2n) is 2.55. The van der Waals surface area contributed by atoms with Gasteiger partial charge in [-0.25, -0.2) is 4.79 Å². The Balaban J connectivity index is 4.33. The first-order valence-corrected chi connectivity index (χ1v) is 3.78. The molecule has 0 bridgehead atoms. The second-order valence-corrected chi connectivity index (χ2v) is 2.55. The molecule has 8 nitrogen and oxygen atoms in total. The molecule has 0 saturated carbocycles. The molecule has 1 atom stereocenters. The summed E-state index contributed by atoms with van der Waals surface area (Å²) in [5, 5.41) is 8.34. The van der Waals surface area contributed by atoms with Gasteiger partial charge in [0.15, 0.2) is 0 Å². The van der Waals surface area contributed by atoms with E-state index in [2.05, 4.69) is 9.53 Å². The first-order valence-electron chi connectivity index (χ1n) is 3.78. The highest BCUT2D eigenvalue weighted by atomic mass is 16.5. The van der Waals surface area contributed by atoms with Crippen molar-refractivity contribution in [1.82, 2.24) is 0 Å². The number of carboxylic acid groups (broad SMARTS) is 1. The maximum Gasteiger partial charge on any atom is 0.441 e. The quantitative estimate of drug-likeness (QED) is 0.182. The molecule has 15 heavy (non-hydrogen) atoms. The lowest BCUT2D eigenvalue weighted by atomic mass is 10.3. The molecule has 0 aliphatic heterocycles. The van der Waals surface area contributed by atoms with E-state index in [-0.39, 0.29) is 0 Å². The smallest absolute Gasteiger partial charge is 0.441 e. The molecule has 0 aliphatic rings. The van der Waals surface area contributed by atoms with Crippen LogP contribution in [-0.2, 0) is 19.1 Å². The van der Waals surface area contributed by atoms with Gasteiger partial charge in [0.2, 0.25) is 5.78 Å². The standard InChI is InChI=1S/C7H9N3O5/c1-3(11)5(10-9)7(14)15-2-4(8)6(12)13/h4H,2,8H2,1H3,(H,12,13)/t4-/m0/s1. The van der Waals surface area contributed by atoms with Gasteiger partial charge < -0.3 is 21.1 Å². The number of ketones is 1. The van der Waals surface area contributed by atoms with E-state index in [4.69, 9.17) is 16.4 Å². The number of hydrogen-bond acceptors (Lipinski definition) is 5. The first kappa shape index (κ1) is 12.9. The minimum atomic E-state index is -1.39. The van der Waals surface area contributed by atoms with Crippen LogP contribution < -0.4 is 5.73 Å². The number of carbonyl (C=O) groups is 3. The van der Waals surface area contributed by atoms with Crippen molar-refractivity contribution in [3.8, 4) is 0 Å². The molecule has 0 amide bonds. The Morgan fingerprint density at radius 3 is 2.40 bits per heavy atom. The predicted octanol–water partition coefficient (Wildman–Crippen LogP) is -1.80. The van der Waals surface area contributed by atoms with Gasteiger partial charge in [-0.05, 0) is 0 Å². The summed E-state index contributed by atoms with van der Waals surface area (Å²) >= 11 is 0. The van der Waals surface area contributed by atoms with Crippen LogP contribution >= 0.6 is 0 Å². The third-order valence-electron chi connectivity index (χ3n) is 1.34. The van der Waals surface area contributed by atoms with Crippen LogP contribution in [-0.4, -0.2) is 46.0 Å². The number of Topliss-reactive ketones (excluding diaryl/α,β-unsaturated/α-hetero) is 1. The molecule has 0 rings (SSSR count). The number of ether oxygens (including phenoxy) is 1. The molecule has 0 unspecified atom stereocenters. The zero-order chi connectivity index (χ0) is 12.0. The molecule has 82 valence electrons. The SMILES string of the molecule is CC(=O)C(=[N+]=[N-])C(=O)OC[C@H](N)C(=O)O. The van der Waals surface area contributed by atoms with Crippen LogP contribution in [0.3, 0.4) is 0 Å². The molecule has 0 spiro atoms. The summed E-state index contributed by atoms with van der Waals surface area (Å²) in [5.74, 6) is -3.37. The van der Waals surface area contributed by atoms with Gasteiger partial charge in [-0.3, -0.25) is 9.59 Å². The Hall–Kier alpha value is -2.05. The van der Waals surface area contributed by atoms with Crippen molar-refractivity contribution >= 4 is 23.4 Å². The van der Waals surface area contributed by atoms with Crippen molar-refractivity contribution in [3.05, 3.63) is 5.53 Å². The van der Waals surface area contributed by atoms with Gasteiger partial charge >= 0.3 is 17.7 Å². The van der Waals surface area contributed by atoms with Gasteiger partial charge in [-0.15, -0.1) is 0 Å². The first-order chi connectivity index (χ1) is 6.90. The summed E-state index contributed by atoms with van der Waals surface area (Å²) < 4.78 is 4.32. The van der Waals surface area contributed by atoms with E-state index in [0.29, 0.717) is 0 Å². The topological polar surface area (TPSA) is 143 Å². The molecule has 0 aromatic heterocycles. The normalized spacial score (nSPS) is 11.1. The van der Waals surface area contributed by atoms with Gasteiger partial charge in [0, 0.05) is 6.92 Å². The predicted molar refractivity (Wildman–Crippen MR) is 45.9 cm³/mol. The molecule has 0 saturated heterocycles. The highest BCUT2D eigenvalue weighted by molar-refractivity contribution is 6.61. The van der Waals surface area contributed by atoms with Crippen LogP contribution in [0.25, 0.3) is 5.53 Å². The minimum Gasteiger partial charge on any atom is -0.480 e. The van der Waals surface area contributed by atoms with Crippen molar-refractivity contribution in [2.75, 3.05) is 6.61 Å². The Morgan fingerprint density at radius 1 is 1.53 bits per heavy atom. The maximum absolute atomic E-state index is 11.0. The van der Waals surface area contributed by atoms with E-state index in [1.165, 1.54) is 0 Å². The highest BCUT2D eigenvalue weighted by Gasteiger charge is 2.28. The summed E-state index contributed by atoms with van der Waals surface area (Å²) in [6, 6.07) is -1.39. The molecule has 0 aromatic rings. The van der Waals surface area contributed by atoms with E-state index in [1.54, 1.807) is 0 Å². The largest absolute Gasteiger partial charge is 0.480 e. The second kappa shape index (κ2) is 5.63. The Labute approximate surface area is 84.2 Å². The van der Waals surface area contributed by atoms with Crippen molar-refractivity contribution in [2.24, 2.45) is 5.73 Å². The van der Waals surface area contributed by atoms with E-state index in [1.807, 2.05) is 0 Å². The summed E-state index contributed by atoms with van der Waals surface area (Å²) in [6.07, 6.45) is 0. The van der Waals surface area contributed by atoms with Crippen LogP contribution in [0.2, 0.25) is 0 Å². The number of carboxylic acids is 1. The van der Waals surface area contributed by atoms with Crippen molar-refractivity contribution in [1.29, 1.82) is 0 Å². The Morgan fingerprint density at radius 2 is 2.07 bits per heavy atom. The van der Waals surface area contributed by atoms with Crippen molar-refractivity contribution < 1.29 is 29.0 Å². The van der Waals surface area contributed by atoms with E-state index < -0.39 is 36.1 Å². The molecule has 0 aromatic carbocycles. The van der Waals surface area contributed by atoms with E-state index >= 15 is 0 Å². The summed E-state index contributed by atoms with van der Waals surface area (Å²) in [5.41, 5.74) is 12.5. The van der Waals surface area contributed by atoms with Gasteiger partial charge in [0.05, 0.1) is 0 Å². The fourth-order valence-electron chi connectivity index (χ4n) is 0.560. The Kier molecular flexibility index (Phi) is 4.86. The molecular weight excluding hydrogens is 206 g/mol. The molecule has 0 fully saturated rings. The lowest BCUT2D eigenvalue weighted by molar-refractivity contribution is -0.146. The number of nitrogens with zero attached hydrogens (tertiary/aromatic N) is 2. The third-order valence-corrected chi connectivity index (χ3v) is 1.34. The molecule has 3 N–H and O–H groups in total. The number of esters is 1. The van der Waals surface area contributed by atoms with Gasteiger partial charge in [-0.1, -0.05) is 0 Å². The fraction of sp³-hybridized carbons (Fsp3) is 0.429. The lowest BCUT2D eigenvalue weighted by Gasteiger charge is -2.04. The van der Waals surface area contributed by atoms with Crippen molar-refractivity contribution in [2.45, 2.75) is 13.0 Å². The number of hydrogen-bond donors (Lipinski definition) is 2. The third kappa shape index (κ3) is 4.12. The number of carbonyl (C=O) groups excluding carboxylic acids is 2. The molecule has 0 heterocycles. The van der Waals surface area contributed by atoms with Crippen LogP contribution in [0.1, 0.15) is 6.92 Å². The van der Waals surface area contributed by atoms with E-state index in [9.17, 15) is 14.4 Å². The molecule has 8 heteroatoms. The monoisotopic (exact) mass is 215 g/mol. The fourth-order valence-corrected chi connectivity index (χ4v) is 0.560. The van der Waals surface area contributed by atoms with Crippen LogP contribution in [0.15, 0.2) is 0 Å². The van der Waals surface area contributed by atoms with Crippen LogP contribution in [0, 0.1) is 0 Å². The van der Waals surface area contributed by atoms with Crippen LogP contribution in [0.5, 0.6) is 0 Å². The Bertz CT molecular complexity index is 345. The maximum atomic E-state index is 11.0. The minimum absolute atomic E-state index is 0.611. The zero-order valence-corrected chi connectivity index (χ0v) is 7.84. The van der Waals surface area contributed by atoms with Crippen LogP contribution in [0.4, 0.5) is 0 Å².